The van der Waals surface area contributed by atoms with Crippen LogP contribution in [0.3, 0.4) is 0 Å². The lowest BCUT2D eigenvalue weighted by Crippen LogP contribution is -2.46. The Bertz CT molecular complexity index is 565. The lowest BCUT2D eigenvalue weighted by atomic mass is 9.86. The van der Waals surface area contributed by atoms with Crippen LogP contribution in [-0.4, -0.2) is 49.5 Å². The van der Waals surface area contributed by atoms with Crippen LogP contribution in [0.4, 0.5) is 8.78 Å². The summed E-state index contributed by atoms with van der Waals surface area (Å²) in [4.78, 5) is 13.9. The molecule has 1 aliphatic heterocycles. The fourth-order valence-corrected chi connectivity index (χ4v) is 3.08. The van der Waals surface area contributed by atoms with Crippen LogP contribution in [0.15, 0.2) is 24.3 Å². The van der Waals surface area contributed by atoms with Gasteiger partial charge in [-0.3, -0.25) is 9.69 Å². The standard InChI is InChI=1S/C19H28F2N2O2/c1-19(2,3)15-6-4-5-7-16(15)25-13-18(24)22-14-8-10-23(11-9-14)12-17(20)21/h4-7,14,17H,8-13H2,1-3H3,(H,22,24). The fourth-order valence-electron chi connectivity index (χ4n) is 3.08. The highest BCUT2D eigenvalue weighted by Gasteiger charge is 2.23. The summed E-state index contributed by atoms with van der Waals surface area (Å²) in [5.41, 5.74) is 0.994. The molecule has 1 aromatic rings. The molecule has 2 rings (SSSR count). The van der Waals surface area contributed by atoms with Crippen LogP contribution in [0.2, 0.25) is 0 Å². The van der Waals surface area contributed by atoms with Gasteiger partial charge in [0.15, 0.2) is 6.61 Å². The lowest BCUT2D eigenvalue weighted by molar-refractivity contribution is -0.124. The molecular formula is C19H28F2N2O2. The monoisotopic (exact) mass is 354 g/mol. The van der Waals surface area contributed by atoms with Crippen molar-refractivity contribution in [1.82, 2.24) is 10.2 Å². The molecule has 1 fully saturated rings. The number of hydrogen-bond donors (Lipinski definition) is 1. The van der Waals surface area contributed by atoms with Crippen molar-refractivity contribution in [3.8, 4) is 5.75 Å². The largest absolute Gasteiger partial charge is 0.483 e. The van der Waals surface area contributed by atoms with Gasteiger partial charge >= 0.3 is 0 Å². The van der Waals surface area contributed by atoms with Crippen LogP contribution < -0.4 is 10.1 Å². The molecule has 140 valence electrons. The van der Waals surface area contributed by atoms with Crippen LogP contribution in [0.25, 0.3) is 0 Å². The maximum absolute atomic E-state index is 12.4. The molecule has 0 atom stereocenters. The number of alkyl halides is 2. The number of halogens is 2. The molecule has 1 saturated heterocycles. The Morgan fingerprint density at radius 2 is 1.92 bits per heavy atom. The SMILES string of the molecule is CC(C)(C)c1ccccc1OCC(=O)NC1CCN(CC(F)F)CC1. The molecule has 1 aromatic carbocycles. The number of likely N-dealkylation sites (tertiary alicyclic amines) is 1. The van der Waals surface area contributed by atoms with Gasteiger partial charge in [-0.2, -0.15) is 0 Å². The lowest BCUT2D eigenvalue weighted by Gasteiger charge is -2.32. The summed E-state index contributed by atoms with van der Waals surface area (Å²) in [5.74, 6) is 0.549. The van der Waals surface area contributed by atoms with Crippen molar-refractivity contribution < 1.29 is 18.3 Å². The number of rotatable bonds is 6. The Morgan fingerprint density at radius 1 is 1.28 bits per heavy atom. The van der Waals surface area contributed by atoms with Crippen molar-refractivity contribution in [2.24, 2.45) is 0 Å². The van der Waals surface area contributed by atoms with Crippen LogP contribution in [-0.2, 0) is 10.2 Å². The van der Waals surface area contributed by atoms with Gasteiger partial charge in [0.25, 0.3) is 12.3 Å². The molecule has 1 aliphatic rings. The van der Waals surface area contributed by atoms with Crippen molar-refractivity contribution in [2.75, 3.05) is 26.2 Å². The average Bonchev–Trinajstić information content (AvgIpc) is 2.54. The zero-order valence-electron chi connectivity index (χ0n) is 15.2. The van der Waals surface area contributed by atoms with Gasteiger partial charge in [0.2, 0.25) is 0 Å². The van der Waals surface area contributed by atoms with E-state index >= 15 is 0 Å². The summed E-state index contributed by atoms with van der Waals surface area (Å²) >= 11 is 0. The van der Waals surface area contributed by atoms with E-state index in [1.165, 1.54) is 0 Å². The van der Waals surface area contributed by atoms with Crippen molar-refractivity contribution in [3.63, 3.8) is 0 Å². The summed E-state index contributed by atoms with van der Waals surface area (Å²) in [7, 11) is 0. The van der Waals surface area contributed by atoms with Gasteiger partial charge < -0.3 is 10.1 Å². The molecule has 1 N–H and O–H groups in total. The third-order valence-electron chi connectivity index (χ3n) is 4.40. The Hall–Kier alpha value is -1.69. The van der Waals surface area contributed by atoms with Crippen molar-refractivity contribution in [3.05, 3.63) is 29.8 Å². The minimum Gasteiger partial charge on any atom is -0.483 e. The third-order valence-corrected chi connectivity index (χ3v) is 4.40. The van der Waals surface area contributed by atoms with Crippen molar-refractivity contribution in [1.29, 1.82) is 0 Å². The third kappa shape index (κ3) is 6.27. The van der Waals surface area contributed by atoms with Crippen LogP contribution in [0, 0.1) is 0 Å². The van der Waals surface area contributed by atoms with E-state index in [1.807, 2.05) is 24.3 Å². The zero-order valence-corrected chi connectivity index (χ0v) is 15.2. The molecule has 1 heterocycles. The Labute approximate surface area is 148 Å². The molecule has 1 amide bonds. The van der Waals surface area contributed by atoms with E-state index in [9.17, 15) is 13.6 Å². The minimum absolute atomic E-state index is 0.0304. The van der Waals surface area contributed by atoms with E-state index in [1.54, 1.807) is 4.90 Å². The molecule has 6 heteroatoms. The molecule has 0 radical (unpaired) electrons. The highest BCUT2D eigenvalue weighted by atomic mass is 19.3. The maximum Gasteiger partial charge on any atom is 0.258 e. The number of carbonyl (C=O) groups is 1. The highest BCUT2D eigenvalue weighted by molar-refractivity contribution is 5.77. The van der Waals surface area contributed by atoms with Crippen LogP contribution in [0.5, 0.6) is 5.75 Å². The number of nitrogens with zero attached hydrogens (tertiary/aromatic N) is 1. The molecule has 0 saturated carbocycles. The van der Waals surface area contributed by atoms with Crippen LogP contribution >= 0.6 is 0 Å². The molecular weight excluding hydrogens is 326 g/mol. The smallest absolute Gasteiger partial charge is 0.258 e. The fraction of sp³-hybridized carbons (Fsp3) is 0.632. The van der Waals surface area contributed by atoms with Crippen molar-refractivity contribution >= 4 is 5.91 Å². The average molecular weight is 354 g/mol. The molecule has 0 bridgehead atoms. The predicted molar refractivity (Wildman–Crippen MR) is 94.2 cm³/mol. The van der Waals surface area contributed by atoms with Gasteiger partial charge in [-0.05, 0) is 29.9 Å². The number of para-hydroxylation sites is 1. The van der Waals surface area contributed by atoms with E-state index in [4.69, 9.17) is 4.74 Å². The molecule has 25 heavy (non-hydrogen) atoms. The minimum atomic E-state index is -2.30. The summed E-state index contributed by atoms with van der Waals surface area (Å²) < 4.78 is 30.5. The maximum atomic E-state index is 12.4. The van der Waals surface area contributed by atoms with E-state index < -0.39 is 6.43 Å². The molecule has 0 aliphatic carbocycles. The quantitative estimate of drug-likeness (QED) is 0.853. The van der Waals surface area contributed by atoms with E-state index in [0.717, 1.165) is 11.3 Å². The van der Waals surface area contributed by atoms with Gasteiger partial charge in [0, 0.05) is 19.1 Å². The number of nitrogens with one attached hydrogen (secondary N) is 1. The van der Waals surface area contributed by atoms with E-state index in [2.05, 4.69) is 26.1 Å². The van der Waals surface area contributed by atoms with Gasteiger partial charge in [-0.15, -0.1) is 0 Å². The second-order valence-electron chi connectivity index (χ2n) is 7.57. The summed E-state index contributed by atoms with van der Waals surface area (Å²) in [6.07, 6.45) is -0.920. The second kappa shape index (κ2) is 8.61. The highest BCUT2D eigenvalue weighted by Crippen LogP contribution is 2.30. The number of amides is 1. The molecule has 0 unspecified atom stereocenters. The number of hydrogen-bond acceptors (Lipinski definition) is 3. The predicted octanol–water partition coefficient (Wildman–Crippen LogP) is 3.21. The van der Waals surface area contributed by atoms with Crippen molar-refractivity contribution in [2.45, 2.75) is 51.5 Å². The zero-order chi connectivity index (χ0) is 18.4. The number of benzene rings is 1. The Morgan fingerprint density at radius 3 is 2.52 bits per heavy atom. The van der Waals surface area contributed by atoms with Gasteiger partial charge in [-0.1, -0.05) is 39.0 Å². The summed E-state index contributed by atoms with van der Waals surface area (Å²) in [6.45, 7) is 7.25. The first-order chi connectivity index (χ1) is 11.8. The van der Waals surface area contributed by atoms with Gasteiger partial charge in [0.05, 0.1) is 6.54 Å². The molecule has 0 spiro atoms. The van der Waals surface area contributed by atoms with Crippen LogP contribution in [0.1, 0.15) is 39.2 Å². The number of carbonyl (C=O) groups excluding carboxylic acids is 1. The Balaban J connectivity index is 1.79. The summed E-state index contributed by atoms with van der Waals surface area (Å²) in [6, 6.07) is 7.76. The topological polar surface area (TPSA) is 41.6 Å². The number of piperidine rings is 1. The Kier molecular flexibility index (Phi) is 6.76. The first kappa shape index (κ1) is 19.6. The summed E-state index contributed by atoms with van der Waals surface area (Å²) in [5, 5.41) is 2.94. The second-order valence-corrected chi connectivity index (χ2v) is 7.57. The normalized spacial score (nSPS) is 16.9. The van der Waals surface area contributed by atoms with Gasteiger partial charge in [-0.25, -0.2) is 8.78 Å². The molecule has 4 nitrogen and oxygen atoms in total. The first-order valence-corrected chi connectivity index (χ1v) is 8.78. The van der Waals surface area contributed by atoms with E-state index in [-0.39, 0.29) is 30.5 Å². The first-order valence-electron chi connectivity index (χ1n) is 8.78. The van der Waals surface area contributed by atoms with E-state index in [0.29, 0.717) is 25.9 Å². The van der Waals surface area contributed by atoms with Gasteiger partial charge in [0.1, 0.15) is 5.75 Å². The molecule has 0 aromatic heterocycles. The number of ether oxygens (including phenoxy) is 1.